The van der Waals surface area contributed by atoms with E-state index in [0.29, 0.717) is 43.9 Å². The Morgan fingerprint density at radius 3 is 2.20 bits per heavy atom. The highest BCUT2D eigenvalue weighted by atomic mass is 32.2. The third kappa shape index (κ3) is 5.12. The number of nitrogens with zero attached hydrogens (tertiary/aromatic N) is 3. The summed E-state index contributed by atoms with van der Waals surface area (Å²) in [4.78, 5) is 31.9. The van der Waals surface area contributed by atoms with E-state index in [1.165, 1.54) is 17.2 Å². The van der Waals surface area contributed by atoms with Crippen molar-refractivity contribution in [3.63, 3.8) is 0 Å². The quantitative estimate of drug-likeness (QED) is 0.749. The molecule has 2 amide bonds. The lowest BCUT2D eigenvalue weighted by Gasteiger charge is -2.35. The molecule has 2 aromatic rings. The van der Waals surface area contributed by atoms with Crippen molar-refractivity contribution >= 4 is 27.5 Å². The lowest BCUT2D eigenvalue weighted by molar-refractivity contribution is 0.0532. The molecule has 160 valence electrons. The smallest absolute Gasteiger partial charge is 0.257 e. The van der Waals surface area contributed by atoms with E-state index in [0.717, 1.165) is 6.20 Å². The van der Waals surface area contributed by atoms with E-state index in [4.69, 9.17) is 0 Å². The van der Waals surface area contributed by atoms with Crippen LogP contribution in [0.2, 0.25) is 0 Å². The molecule has 0 spiro atoms. The van der Waals surface area contributed by atoms with Gasteiger partial charge >= 0.3 is 0 Å². The van der Waals surface area contributed by atoms with Gasteiger partial charge in [-0.1, -0.05) is 6.92 Å². The van der Waals surface area contributed by atoms with Crippen LogP contribution in [0.15, 0.2) is 42.7 Å². The second kappa shape index (κ2) is 9.21. The molecule has 2 heterocycles. The molecule has 0 radical (unpaired) electrons. The van der Waals surface area contributed by atoms with Gasteiger partial charge < -0.3 is 9.80 Å². The number of piperazine rings is 1. The van der Waals surface area contributed by atoms with Crippen molar-refractivity contribution in [3.8, 4) is 0 Å². The third-order valence-electron chi connectivity index (χ3n) is 4.74. The number of amides is 2. The molecular formula is C20H23FN4O4S. The number of aromatic nitrogens is 1. The van der Waals surface area contributed by atoms with E-state index in [1.807, 2.05) is 0 Å². The Labute approximate surface area is 174 Å². The third-order valence-corrected chi connectivity index (χ3v) is 6.23. The number of carbonyl (C=O) groups is 2. The molecule has 30 heavy (non-hydrogen) atoms. The fourth-order valence-electron chi connectivity index (χ4n) is 3.19. The molecule has 8 nitrogen and oxygen atoms in total. The first-order chi connectivity index (χ1) is 14.3. The number of pyridine rings is 1. The van der Waals surface area contributed by atoms with E-state index < -0.39 is 21.7 Å². The molecule has 3 rings (SSSR count). The summed E-state index contributed by atoms with van der Waals surface area (Å²) in [5.74, 6) is -1.28. The van der Waals surface area contributed by atoms with Gasteiger partial charge in [0.25, 0.3) is 11.8 Å². The normalized spacial score (nSPS) is 14.5. The molecule has 1 aromatic carbocycles. The highest BCUT2D eigenvalue weighted by Crippen LogP contribution is 2.16. The van der Waals surface area contributed by atoms with Gasteiger partial charge in [0.15, 0.2) is 5.82 Å². The first-order valence-electron chi connectivity index (χ1n) is 9.59. The maximum Gasteiger partial charge on any atom is 0.257 e. The highest BCUT2D eigenvalue weighted by molar-refractivity contribution is 7.92. The molecule has 0 saturated carbocycles. The van der Waals surface area contributed by atoms with Crippen LogP contribution in [-0.2, 0) is 10.0 Å². The minimum atomic E-state index is -3.39. The van der Waals surface area contributed by atoms with Gasteiger partial charge in [-0.15, -0.1) is 0 Å². The lowest BCUT2D eigenvalue weighted by atomic mass is 10.1. The van der Waals surface area contributed by atoms with Crippen LogP contribution < -0.4 is 4.72 Å². The van der Waals surface area contributed by atoms with Crippen molar-refractivity contribution in [2.45, 2.75) is 13.3 Å². The second-order valence-electron chi connectivity index (χ2n) is 6.94. The summed E-state index contributed by atoms with van der Waals surface area (Å²) in [5, 5.41) is 0. The van der Waals surface area contributed by atoms with Crippen molar-refractivity contribution in [3.05, 3.63) is 59.7 Å². The Hall–Kier alpha value is -3.01. The topological polar surface area (TPSA) is 99.7 Å². The number of halogens is 1. The van der Waals surface area contributed by atoms with Crippen LogP contribution in [0.3, 0.4) is 0 Å². The molecule has 1 N–H and O–H groups in total. The fraction of sp³-hybridized carbons (Fsp3) is 0.350. The molecule has 1 aliphatic heterocycles. The Morgan fingerprint density at radius 2 is 1.63 bits per heavy atom. The van der Waals surface area contributed by atoms with Crippen LogP contribution in [0.5, 0.6) is 0 Å². The van der Waals surface area contributed by atoms with Crippen molar-refractivity contribution in [2.75, 3.05) is 36.7 Å². The van der Waals surface area contributed by atoms with Crippen LogP contribution in [0.4, 0.5) is 10.1 Å². The summed E-state index contributed by atoms with van der Waals surface area (Å²) in [5.41, 5.74) is 0.786. The first-order valence-corrected chi connectivity index (χ1v) is 11.2. The average molecular weight is 434 g/mol. The van der Waals surface area contributed by atoms with Crippen LogP contribution >= 0.6 is 0 Å². The summed E-state index contributed by atoms with van der Waals surface area (Å²) >= 11 is 0. The molecule has 1 saturated heterocycles. The van der Waals surface area contributed by atoms with Crippen molar-refractivity contribution < 1.29 is 22.4 Å². The molecule has 0 aliphatic carbocycles. The number of hydrogen-bond acceptors (Lipinski definition) is 5. The largest absolute Gasteiger partial charge is 0.335 e. The molecular weight excluding hydrogens is 411 g/mol. The summed E-state index contributed by atoms with van der Waals surface area (Å²) in [7, 11) is -3.39. The van der Waals surface area contributed by atoms with Crippen molar-refractivity contribution in [1.82, 2.24) is 14.8 Å². The summed E-state index contributed by atoms with van der Waals surface area (Å²) in [6.45, 7) is 3.01. The summed E-state index contributed by atoms with van der Waals surface area (Å²) < 4.78 is 39.9. The Kier molecular flexibility index (Phi) is 6.66. The standard InChI is InChI=1S/C20H23FN4O4S/c1-2-13-30(28,29)23-16-5-3-15(4-6-16)19(26)24-9-11-25(12-10-24)20(27)17-7-8-22-14-18(17)21/h3-8,14,23H,2,9-13H2,1H3. The molecule has 1 aliphatic rings. The van der Waals surface area contributed by atoms with Gasteiger partial charge in [0.05, 0.1) is 17.5 Å². The van der Waals surface area contributed by atoms with Gasteiger partial charge in [-0.05, 0) is 36.8 Å². The highest BCUT2D eigenvalue weighted by Gasteiger charge is 2.26. The zero-order valence-corrected chi connectivity index (χ0v) is 17.4. The number of anilines is 1. The number of nitrogens with one attached hydrogen (secondary N) is 1. The Balaban J connectivity index is 1.59. The second-order valence-corrected chi connectivity index (χ2v) is 8.78. The monoisotopic (exact) mass is 434 g/mol. The van der Waals surface area contributed by atoms with Crippen LogP contribution in [0.1, 0.15) is 34.1 Å². The zero-order valence-electron chi connectivity index (χ0n) is 16.5. The Morgan fingerprint density at radius 1 is 1.03 bits per heavy atom. The summed E-state index contributed by atoms with van der Waals surface area (Å²) in [6.07, 6.45) is 2.87. The van der Waals surface area contributed by atoms with Gasteiger partial charge in [0.1, 0.15) is 0 Å². The van der Waals surface area contributed by atoms with Crippen LogP contribution in [0, 0.1) is 5.82 Å². The predicted molar refractivity (Wildman–Crippen MR) is 110 cm³/mol. The minimum Gasteiger partial charge on any atom is -0.335 e. The first kappa shape index (κ1) is 21.7. The van der Waals surface area contributed by atoms with E-state index in [1.54, 1.807) is 36.1 Å². The van der Waals surface area contributed by atoms with E-state index >= 15 is 0 Å². The maximum absolute atomic E-state index is 13.8. The summed E-state index contributed by atoms with van der Waals surface area (Å²) in [6, 6.07) is 7.57. The van der Waals surface area contributed by atoms with Crippen molar-refractivity contribution in [1.29, 1.82) is 0 Å². The average Bonchev–Trinajstić information content (AvgIpc) is 2.73. The predicted octanol–water partition coefficient (Wildman–Crippen LogP) is 1.97. The van der Waals surface area contributed by atoms with Gasteiger partial charge in [-0.3, -0.25) is 19.3 Å². The fourth-order valence-corrected chi connectivity index (χ4v) is 4.33. The molecule has 10 heteroatoms. The number of sulfonamides is 1. The van der Waals surface area contributed by atoms with Gasteiger partial charge in [-0.2, -0.15) is 0 Å². The molecule has 0 bridgehead atoms. The van der Waals surface area contributed by atoms with E-state index in [-0.39, 0.29) is 17.2 Å². The molecule has 0 atom stereocenters. The Bertz CT molecular complexity index is 1020. The minimum absolute atomic E-state index is 0.0279. The van der Waals surface area contributed by atoms with E-state index in [9.17, 15) is 22.4 Å². The van der Waals surface area contributed by atoms with Crippen LogP contribution in [-0.4, -0.2) is 66.9 Å². The maximum atomic E-state index is 13.8. The number of rotatable bonds is 6. The molecule has 1 aromatic heterocycles. The van der Waals surface area contributed by atoms with Gasteiger partial charge in [-0.25, -0.2) is 12.8 Å². The zero-order chi connectivity index (χ0) is 21.7. The molecule has 1 fully saturated rings. The lowest BCUT2D eigenvalue weighted by Crippen LogP contribution is -2.50. The van der Waals surface area contributed by atoms with Crippen LogP contribution in [0.25, 0.3) is 0 Å². The number of carbonyl (C=O) groups excluding carboxylic acids is 2. The number of hydrogen-bond donors (Lipinski definition) is 1. The van der Waals surface area contributed by atoms with Crippen molar-refractivity contribution in [2.24, 2.45) is 0 Å². The van der Waals surface area contributed by atoms with Gasteiger partial charge in [0.2, 0.25) is 10.0 Å². The number of benzene rings is 1. The SMILES string of the molecule is CCCS(=O)(=O)Nc1ccc(C(=O)N2CCN(C(=O)c3ccncc3F)CC2)cc1. The van der Waals surface area contributed by atoms with E-state index in [2.05, 4.69) is 9.71 Å². The van der Waals surface area contributed by atoms with Gasteiger partial charge in [0, 0.05) is 43.6 Å². The molecule has 0 unspecified atom stereocenters.